The molecule has 0 amide bonds. The summed E-state index contributed by atoms with van der Waals surface area (Å²) in [6.07, 6.45) is -0.0347. The number of phenols is 1. The summed E-state index contributed by atoms with van der Waals surface area (Å²) < 4.78 is 17.7. The zero-order valence-electron chi connectivity index (χ0n) is 12.8. The van der Waals surface area contributed by atoms with Crippen molar-refractivity contribution in [2.24, 2.45) is 0 Å². The smallest absolute Gasteiger partial charge is 0.158 e. The number of rotatable bonds is 5. The number of para-hydroxylation sites is 1. The number of benzene rings is 2. The third-order valence-electron chi connectivity index (χ3n) is 3.75. The summed E-state index contributed by atoms with van der Waals surface area (Å²) in [5.41, 5.74) is 0.835. The third-order valence-corrected chi connectivity index (χ3v) is 4.05. The highest BCUT2D eigenvalue weighted by Gasteiger charge is 2.34. The zero-order chi connectivity index (χ0) is 16.2. The van der Waals surface area contributed by atoms with Crippen molar-refractivity contribution in [1.29, 1.82) is 0 Å². The molecule has 0 radical (unpaired) electrons. The van der Waals surface area contributed by atoms with Crippen molar-refractivity contribution in [2.75, 3.05) is 6.61 Å². The first-order valence-corrected chi connectivity index (χ1v) is 8.02. The van der Waals surface area contributed by atoms with E-state index in [1.807, 2.05) is 37.3 Å². The molecule has 3 unspecified atom stereocenters. The maximum absolute atomic E-state index is 9.63. The van der Waals surface area contributed by atoms with Gasteiger partial charge in [0.25, 0.3) is 0 Å². The molecule has 4 nitrogen and oxygen atoms in total. The Morgan fingerprint density at radius 3 is 2.70 bits per heavy atom. The summed E-state index contributed by atoms with van der Waals surface area (Å²) in [4.78, 5) is 0. The van der Waals surface area contributed by atoms with Crippen LogP contribution in [0.1, 0.15) is 25.0 Å². The number of hydrogen-bond donors (Lipinski definition) is 1. The van der Waals surface area contributed by atoms with Crippen LogP contribution in [0.4, 0.5) is 0 Å². The maximum atomic E-state index is 9.63. The van der Waals surface area contributed by atoms with Gasteiger partial charge in [-0.1, -0.05) is 42.8 Å². The van der Waals surface area contributed by atoms with Crippen molar-refractivity contribution in [2.45, 2.75) is 31.8 Å². The number of ether oxygens (including phenoxy) is 3. The van der Waals surface area contributed by atoms with Crippen LogP contribution in [0.25, 0.3) is 0 Å². The normalized spacial score (nSPS) is 22.0. The van der Waals surface area contributed by atoms with Gasteiger partial charge in [0.05, 0.1) is 11.6 Å². The van der Waals surface area contributed by atoms with Crippen LogP contribution in [0.5, 0.6) is 11.5 Å². The van der Waals surface area contributed by atoms with E-state index in [-0.39, 0.29) is 29.3 Å². The van der Waals surface area contributed by atoms with Gasteiger partial charge in [0, 0.05) is 0 Å². The molecule has 2 aromatic rings. The van der Waals surface area contributed by atoms with Crippen LogP contribution in [0.15, 0.2) is 48.5 Å². The van der Waals surface area contributed by atoms with Crippen molar-refractivity contribution < 1.29 is 19.3 Å². The summed E-state index contributed by atoms with van der Waals surface area (Å²) >= 11 is 6.05. The maximum Gasteiger partial charge on any atom is 0.158 e. The van der Waals surface area contributed by atoms with Gasteiger partial charge < -0.3 is 19.3 Å². The lowest BCUT2D eigenvalue weighted by Gasteiger charge is -2.24. The molecule has 23 heavy (non-hydrogen) atoms. The summed E-state index contributed by atoms with van der Waals surface area (Å²) in [5.74, 6) is 0.786. The Hall–Kier alpha value is -1.75. The first kappa shape index (κ1) is 16.1. The highest BCUT2D eigenvalue weighted by Crippen LogP contribution is 2.34. The predicted octanol–water partition coefficient (Wildman–Crippen LogP) is 4.32. The van der Waals surface area contributed by atoms with E-state index < -0.39 is 0 Å². The van der Waals surface area contributed by atoms with Crippen LogP contribution < -0.4 is 4.74 Å². The minimum atomic E-state index is -0.368. The Balaban J connectivity index is 1.88. The van der Waals surface area contributed by atoms with Gasteiger partial charge in [0.2, 0.25) is 0 Å². The van der Waals surface area contributed by atoms with E-state index in [2.05, 4.69) is 0 Å². The van der Waals surface area contributed by atoms with Gasteiger partial charge in [-0.2, -0.15) is 0 Å². The molecule has 1 aliphatic heterocycles. The monoisotopic (exact) mass is 334 g/mol. The van der Waals surface area contributed by atoms with Crippen molar-refractivity contribution in [3.63, 3.8) is 0 Å². The van der Waals surface area contributed by atoms with Crippen molar-refractivity contribution in [3.8, 4) is 11.5 Å². The molecule has 0 bridgehead atoms. The minimum Gasteiger partial charge on any atom is -0.506 e. The first-order chi connectivity index (χ1) is 11.2. The largest absolute Gasteiger partial charge is 0.506 e. The van der Waals surface area contributed by atoms with Crippen LogP contribution in [0, 0.1) is 0 Å². The van der Waals surface area contributed by atoms with Crippen molar-refractivity contribution in [1.82, 2.24) is 0 Å². The lowest BCUT2D eigenvalue weighted by molar-refractivity contribution is -0.0779. The van der Waals surface area contributed by atoms with Gasteiger partial charge in [0.1, 0.15) is 17.6 Å². The van der Waals surface area contributed by atoms with E-state index in [0.29, 0.717) is 6.61 Å². The first-order valence-electron chi connectivity index (χ1n) is 7.64. The highest BCUT2D eigenvalue weighted by atomic mass is 35.5. The standard InChI is InChI=1S/C18H19ClO4/c1-2-17-21-11-16(23-17)18(22-13-6-4-3-5-7-13)12-8-9-15(20)14(19)10-12/h3-10,16-18,20H,2,11H2,1H3. The van der Waals surface area contributed by atoms with E-state index >= 15 is 0 Å². The Kier molecular flexibility index (Phi) is 5.06. The molecular weight excluding hydrogens is 316 g/mol. The van der Waals surface area contributed by atoms with Gasteiger partial charge in [-0.25, -0.2) is 0 Å². The van der Waals surface area contributed by atoms with Crippen molar-refractivity contribution >= 4 is 11.6 Å². The Morgan fingerprint density at radius 1 is 1.26 bits per heavy atom. The Bertz CT molecular complexity index is 647. The number of halogens is 1. The average Bonchev–Trinajstić information content (AvgIpc) is 3.05. The van der Waals surface area contributed by atoms with Gasteiger partial charge in [-0.3, -0.25) is 0 Å². The minimum absolute atomic E-state index is 0.0453. The van der Waals surface area contributed by atoms with E-state index in [0.717, 1.165) is 17.7 Å². The lowest BCUT2D eigenvalue weighted by atomic mass is 10.0. The van der Waals surface area contributed by atoms with Crippen LogP contribution in [0.2, 0.25) is 5.02 Å². The molecule has 3 rings (SSSR count). The van der Waals surface area contributed by atoms with Crippen LogP contribution in [-0.2, 0) is 9.47 Å². The summed E-state index contributed by atoms with van der Waals surface area (Å²) in [6.45, 7) is 2.46. The zero-order valence-corrected chi connectivity index (χ0v) is 13.6. The van der Waals surface area contributed by atoms with E-state index in [1.165, 1.54) is 0 Å². The predicted molar refractivity (Wildman–Crippen MR) is 87.8 cm³/mol. The third kappa shape index (κ3) is 3.78. The molecule has 0 aromatic heterocycles. The second-order valence-corrected chi connectivity index (χ2v) is 5.82. The SMILES string of the molecule is CCC1OCC(C(Oc2ccccc2)c2ccc(O)c(Cl)c2)O1. The summed E-state index contributed by atoms with van der Waals surface area (Å²) in [6, 6.07) is 14.6. The molecule has 0 spiro atoms. The number of aromatic hydroxyl groups is 1. The van der Waals surface area contributed by atoms with Gasteiger partial charge in [-0.05, 0) is 36.2 Å². The Labute approximate surface area is 140 Å². The number of hydrogen-bond acceptors (Lipinski definition) is 4. The van der Waals surface area contributed by atoms with Gasteiger partial charge in [-0.15, -0.1) is 0 Å². The highest BCUT2D eigenvalue weighted by molar-refractivity contribution is 6.32. The molecule has 1 fully saturated rings. The Morgan fingerprint density at radius 2 is 2.04 bits per heavy atom. The molecule has 122 valence electrons. The molecule has 2 aromatic carbocycles. The molecule has 3 atom stereocenters. The summed E-state index contributed by atoms with van der Waals surface area (Å²) in [5, 5.41) is 9.92. The summed E-state index contributed by atoms with van der Waals surface area (Å²) in [7, 11) is 0. The average molecular weight is 335 g/mol. The topological polar surface area (TPSA) is 47.9 Å². The lowest BCUT2D eigenvalue weighted by Crippen LogP contribution is -2.26. The molecule has 1 heterocycles. The van der Waals surface area contributed by atoms with Crippen LogP contribution in [0.3, 0.4) is 0 Å². The van der Waals surface area contributed by atoms with Crippen LogP contribution in [-0.4, -0.2) is 24.1 Å². The molecule has 0 aliphatic carbocycles. The molecule has 5 heteroatoms. The fourth-order valence-corrected chi connectivity index (χ4v) is 2.74. The molecule has 1 aliphatic rings. The van der Waals surface area contributed by atoms with Gasteiger partial charge >= 0.3 is 0 Å². The van der Waals surface area contributed by atoms with Crippen LogP contribution >= 0.6 is 11.6 Å². The second-order valence-electron chi connectivity index (χ2n) is 5.41. The fourth-order valence-electron chi connectivity index (χ4n) is 2.55. The van der Waals surface area contributed by atoms with E-state index in [1.54, 1.807) is 18.2 Å². The van der Waals surface area contributed by atoms with E-state index in [9.17, 15) is 5.11 Å². The molecular formula is C18H19ClO4. The fraction of sp³-hybridized carbons (Fsp3) is 0.333. The second kappa shape index (κ2) is 7.21. The quantitative estimate of drug-likeness (QED) is 0.884. The molecule has 1 N–H and O–H groups in total. The van der Waals surface area contributed by atoms with Gasteiger partial charge in [0.15, 0.2) is 12.4 Å². The molecule has 1 saturated heterocycles. The number of phenolic OH excluding ortho intramolecular Hbond substituents is 1. The molecule has 0 saturated carbocycles. The van der Waals surface area contributed by atoms with E-state index in [4.69, 9.17) is 25.8 Å². The van der Waals surface area contributed by atoms with Crippen molar-refractivity contribution in [3.05, 3.63) is 59.1 Å².